The maximum absolute atomic E-state index is 12.0. The molecule has 2 atom stereocenters. The number of carbonyl (C=O) groups is 3. The molecule has 0 aromatic carbocycles. The number of rotatable bonds is 6. The lowest BCUT2D eigenvalue weighted by Gasteiger charge is -2.25. The number of likely N-dealkylation sites (tertiary alicyclic amines) is 1. The fourth-order valence-electron chi connectivity index (χ4n) is 2.28. The van der Waals surface area contributed by atoms with Crippen LogP contribution in [0.5, 0.6) is 0 Å². The van der Waals surface area contributed by atoms with Crippen molar-refractivity contribution in [2.24, 2.45) is 0 Å². The zero-order valence-electron chi connectivity index (χ0n) is 11.0. The van der Waals surface area contributed by atoms with Gasteiger partial charge in [0.05, 0.1) is 0 Å². The monoisotopic (exact) mass is 272 g/mol. The Balaban J connectivity index is 2.55. The standard InChI is InChI=1S/C12H20N2O5/c1-2-8-4-3-7-14(8)12(19)13-9(11(17)18)5-6-10(15)16/h8-9H,2-7H2,1H3,(H,13,19)(H,15,16)(H,17,18). The van der Waals surface area contributed by atoms with E-state index < -0.39 is 24.0 Å². The Bertz CT molecular complexity index is 358. The molecule has 1 heterocycles. The van der Waals surface area contributed by atoms with Crippen molar-refractivity contribution in [1.29, 1.82) is 0 Å². The number of carboxylic acids is 2. The molecule has 108 valence electrons. The van der Waals surface area contributed by atoms with E-state index >= 15 is 0 Å². The highest BCUT2D eigenvalue weighted by Crippen LogP contribution is 2.19. The summed E-state index contributed by atoms with van der Waals surface area (Å²) in [5.41, 5.74) is 0. The summed E-state index contributed by atoms with van der Waals surface area (Å²) in [5.74, 6) is -2.28. The van der Waals surface area contributed by atoms with Crippen LogP contribution in [0.4, 0.5) is 4.79 Å². The molecule has 7 nitrogen and oxygen atoms in total. The first kappa shape index (κ1) is 15.3. The molecule has 0 aliphatic carbocycles. The highest BCUT2D eigenvalue weighted by atomic mass is 16.4. The fraction of sp³-hybridized carbons (Fsp3) is 0.750. The molecular formula is C12H20N2O5. The SMILES string of the molecule is CCC1CCCN1C(=O)NC(CCC(=O)O)C(=O)O. The Hall–Kier alpha value is -1.79. The molecule has 2 amide bonds. The minimum absolute atomic E-state index is 0.110. The van der Waals surface area contributed by atoms with E-state index in [1.165, 1.54) is 0 Å². The predicted octanol–water partition coefficient (Wildman–Crippen LogP) is 0.888. The molecule has 1 aliphatic rings. The third kappa shape index (κ3) is 4.42. The molecule has 1 saturated heterocycles. The molecule has 7 heteroatoms. The van der Waals surface area contributed by atoms with Crippen molar-refractivity contribution in [3.05, 3.63) is 0 Å². The van der Waals surface area contributed by atoms with Gasteiger partial charge in [0.15, 0.2) is 0 Å². The Morgan fingerprint density at radius 2 is 2.05 bits per heavy atom. The van der Waals surface area contributed by atoms with Crippen molar-refractivity contribution < 1.29 is 24.6 Å². The first-order valence-corrected chi connectivity index (χ1v) is 6.47. The second-order valence-electron chi connectivity index (χ2n) is 4.67. The van der Waals surface area contributed by atoms with Crippen LogP contribution in [-0.2, 0) is 9.59 Å². The van der Waals surface area contributed by atoms with Crippen LogP contribution >= 0.6 is 0 Å². The van der Waals surface area contributed by atoms with Crippen molar-refractivity contribution in [3.63, 3.8) is 0 Å². The maximum Gasteiger partial charge on any atom is 0.326 e. The minimum Gasteiger partial charge on any atom is -0.481 e. The smallest absolute Gasteiger partial charge is 0.326 e. The molecule has 1 aliphatic heterocycles. The zero-order chi connectivity index (χ0) is 14.4. The Morgan fingerprint density at radius 1 is 1.37 bits per heavy atom. The number of urea groups is 1. The molecule has 0 aromatic heterocycles. The molecular weight excluding hydrogens is 252 g/mol. The third-order valence-corrected chi connectivity index (χ3v) is 3.35. The van der Waals surface area contributed by atoms with Crippen LogP contribution in [-0.4, -0.2) is 51.7 Å². The summed E-state index contributed by atoms with van der Waals surface area (Å²) in [4.78, 5) is 35.1. The van der Waals surface area contributed by atoms with E-state index in [-0.39, 0.29) is 18.9 Å². The summed E-state index contributed by atoms with van der Waals surface area (Å²) >= 11 is 0. The average molecular weight is 272 g/mol. The van der Waals surface area contributed by atoms with E-state index in [0.717, 1.165) is 19.3 Å². The summed E-state index contributed by atoms with van der Waals surface area (Å²) in [7, 11) is 0. The van der Waals surface area contributed by atoms with Gasteiger partial charge >= 0.3 is 18.0 Å². The minimum atomic E-state index is -1.21. The van der Waals surface area contributed by atoms with Crippen LogP contribution in [0.15, 0.2) is 0 Å². The summed E-state index contributed by atoms with van der Waals surface area (Å²) in [6.07, 6.45) is 2.28. The van der Waals surface area contributed by atoms with Gasteiger partial charge in [0.25, 0.3) is 0 Å². The van der Waals surface area contributed by atoms with Crippen LogP contribution < -0.4 is 5.32 Å². The quantitative estimate of drug-likeness (QED) is 0.665. The maximum atomic E-state index is 12.0. The number of carboxylic acid groups (broad SMARTS) is 2. The van der Waals surface area contributed by atoms with E-state index in [0.29, 0.717) is 6.54 Å². The number of nitrogens with zero attached hydrogens (tertiary/aromatic N) is 1. The summed E-state index contributed by atoms with van der Waals surface area (Å²) < 4.78 is 0. The number of amides is 2. The zero-order valence-corrected chi connectivity index (χ0v) is 11.0. The lowest BCUT2D eigenvalue weighted by atomic mass is 10.1. The van der Waals surface area contributed by atoms with E-state index in [9.17, 15) is 14.4 Å². The van der Waals surface area contributed by atoms with E-state index in [2.05, 4.69) is 5.32 Å². The fourth-order valence-corrected chi connectivity index (χ4v) is 2.28. The van der Waals surface area contributed by atoms with Crippen LogP contribution in [0.3, 0.4) is 0 Å². The number of carbonyl (C=O) groups excluding carboxylic acids is 1. The van der Waals surface area contributed by atoms with Gasteiger partial charge in [-0.25, -0.2) is 9.59 Å². The van der Waals surface area contributed by atoms with Gasteiger partial charge in [0.1, 0.15) is 6.04 Å². The molecule has 0 radical (unpaired) electrons. The Morgan fingerprint density at radius 3 is 2.58 bits per heavy atom. The topological polar surface area (TPSA) is 107 Å². The molecule has 0 bridgehead atoms. The van der Waals surface area contributed by atoms with Crippen molar-refractivity contribution in [3.8, 4) is 0 Å². The largest absolute Gasteiger partial charge is 0.481 e. The molecule has 0 saturated carbocycles. The average Bonchev–Trinajstić information content (AvgIpc) is 2.81. The van der Waals surface area contributed by atoms with E-state index in [4.69, 9.17) is 10.2 Å². The number of hydrogen-bond donors (Lipinski definition) is 3. The van der Waals surface area contributed by atoms with Crippen LogP contribution in [0.25, 0.3) is 0 Å². The number of nitrogens with one attached hydrogen (secondary N) is 1. The van der Waals surface area contributed by atoms with Gasteiger partial charge in [-0.1, -0.05) is 6.92 Å². The van der Waals surface area contributed by atoms with Crippen LogP contribution in [0.1, 0.15) is 39.0 Å². The van der Waals surface area contributed by atoms with Gasteiger partial charge in [-0.3, -0.25) is 4.79 Å². The van der Waals surface area contributed by atoms with E-state index in [1.807, 2.05) is 6.92 Å². The first-order valence-electron chi connectivity index (χ1n) is 6.47. The molecule has 19 heavy (non-hydrogen) atoms. The third-order valence-electron chi connectivity index (χ3n) is 3.35. The lowest BCUT2D eigenvalue weighted by molar-refractivity contribution is -0.140. The number of aliphatic carboxylic acids is 2. The molecule has 1 fully saturated rings. The van der Waals surface area contributed by atoms with E-state index in [1.54, 1.807) is 4.90 Å². The highest BCUT2D eigenvalue weighted by molar-refractivity contribution is 5.83. The second kappa shape index (κ2) is 6.96. The molecule has 3 N–H and O–H groups in total. The predicted molar refractivity (Wildman–Crippen MR) is 66.8 cm³/mol. The van der Waals surface area contributed by atoms with Crippen LogP contribution in [0.2, 0.25) is 0 Å². The normalized spacial score (nSPS) is 20.1. The van der Waals surface area contributed by atoms with Gasteiger partial charge in [-0.2, -0.15) is 0 Å². The summed E-state index contributed by atoms with van der Waals surface area (Å²) in [5, 5.41) is 19.9. The van der Waals surface area contributed by atoms with Gasteiger partial charge in [-0.15, -0.1) is 0 Å². The summed E-state index contributed by atoms with van der Waals surface area (Å²) in [6.45, 7) is 2.60. The molecule has 0 spiro atoms. The van der Waals surface area contributed by atoms with Crippen LogP contribution in [0, 0.1) is 0 Å². The second-order valence-corrected chi connectivity index (χ2v) is 4.67. The van der Waals surface area contributed by atoms with Gasteiger partial charge in [0.2, 0.25) is 0 Å². The van der Waals surface area contributed by atoms with Crippen molar-refractivity contribution >= 4 is 18.0 Å². The Kier molecular flexibility index (Phi) is 5.59. The van der Waals surface area contributed by atoms with Crippen molar-refractivity contribution in [1.82, 2.24) is 10.2 Å². The van der Waals surface area contributed by atoms with Crippen molar-refractivity contribution in [2.75, 3.05) is 6.54 Å². The Labute approximate surface area is 111 Å². The van der Waals surface area contributed by atoms with Gasteiger partial charge < -0.3 is 20.4 Å². The van der Waals surface area contributed by atoms with Gasteiger partial charge in [0, 0.05) is 19.0 Å². The molecule has 2 unspecified atom stereocenters. The number of hydrogen-bond acceptors (Lipinski definition) is 3. The molecule has 1 rings (SSSR count). The first-order chi connectivity index (χ1) is 8.95. The van der Waals surface area contributed by atoms with Crippen molar-refractivity contribution in [2.45, 2.75) is 51.1 Å². The highest BCUT2D eigenvalue weighted by Gasteiger charge is 2.30. The van der Waals surface area contributed by atoms with Gasteiger partial charge in [-0.05, 0) is 25.7 Å². The summed E-state index contributed by atoms with van der Waals surface area (Å²) in [6, 6.07) is -1.42. The molecule has 0 aromatic rings. The lowest BCUT2D eigenvalue weighted by Crippen LogP contribution is -2.49.